The fourth-order valence-electron chi connectivity index (χ4n) is 4.16. The third-order valence-corrected chi connectivity index (χ3v) is 5.12. The van der Waals surface area contributed by atoms with Gasteiger partial charge in [-0.1, -0.05) is 12.8 Å². The van der Waals surface area contributed by atoms with Crippen LogP contribution in [0.2, 0.25) is 0 Å². The van der Waals surface area contributed by atoms with Crippen LogP contribution >= 0.6 is 0 Å². The van der Waals surface area contributed by atoms with E-state index in [1.807, 2.05) is 19.1 Å². The smallest absolute Gasteiger partial charge is 0.123 e. The summed E-state index contributed by atoms with van der Waals surface area (Å²) in [4.78, 5) is 2.69. The minimum atomic E-state index is 0.711. The number of fused-ring (bicyclic) bond motifs is 1. The minimum Gasteiger partial charge on any atom is -0.494 e. The Bertz CT molecular complexity index is 472. The molecular formula is C18H28N2O. The highest BCUT2D eigenvalue weighted by atomic mass is 16.5. The number of nitrogens with two attached hydrogens (primary N) is 1. The number of likely N-dealkylation sites (tertiary alicyclic amines) is 1. The average Bonchev–Trinajstić information content (AvgIpc) is 2.50. The summed E-state index contributed by atoms with van der Waals surface area (Å²) in [5.41, 5.74) is 8.08. The number of hydrogen-bond acceptors (Lipinski definition) is 3. The standard InChI is InChI=1S/C18H28N2O/c1-2-21-18-10-9-16(19)12-15(18)13-20-11-5-7-14-6-3-4-8-17(14)20/h9-10,12,14,17H,2-8,11,13,19H2,1H3/t14-,17-/m1/s1. The van der Waals surface area contributed by atoms with Gasteiger partial charge in [0, 0.05) is 23.8 Å². The number of hydrogen-bond donors (Lipinski definition) is 1. The molecule has 1 aliphatic carbocycles. The predicted octanol–water partition coefficient (Wildman–Crippen LogP) is 3.82. The van der Waals surface area contributed by atoms with Crippen molar-refractivity contribution in [1.29, 1.82) is 0 Å². The van der Waals surface area contributed by atoms with E-state index in [1.165, 1.54) is 50.6 Å². The van der Waals surface area contributed by atoms with Gasteiger partial charge in [0.1, 0.15) is 5.75 Å². The first-order valence-electron chi connectivity index (χ1n) is 8.53. The molecule has 0 unspecified atom stereocenters. The molecule has 2 aliphatic rings. The van der Waals surface area contributed by atoms with Crippen molar-refractivity contribution in [3.63, 3.8) is 0 Å². The molecule has 1 aromatic rings. The lowest BCUT2D eigenvalue weighted by Crippen LogP contribution is -2.46. The number of ether oxygens (including phenoxy) is 1. The fraction of sp³-hybridized carbons (Fsp3) is 0.667. The van der Waals surface area contributed by atoms with Gasteiger partial charge in [-0.05, 0) is 63.3 Å². The molecule has 2 atom stereocenters. The van der Waals surface area contributed by atoms with E-state index in [0.29, 0.717) is 6.61 Å². The number of benzene rings is 1. The van der Waals surface area contributed by atoms with E-state index >= 15 is 0 Å². The Kier molecular flexibility index (Phi) is 4.69. The highest BCUT2D eigenvalue weighted by molar-refractivity contribution is 5.47. The van der Waals surface area contributed by atoms with Gasteiger partial charge in [-0.15, -0.1) is 0 Å². The summed E-state index contributed by atoms with van der Waals surface area (Å²) in [6.45, 7) is 4.96. The van der Waals surface area contributed by atoms with Crippen LogP contribution in [0.15, 0.2) is 18.2 Å². The molecule has 2 fully saturated rings. The molecule has 21 heavy (non-hydrogen) atoms. The molecule has 3 rings (SSSR count). The maximum atomic E-state index is 5.99. The summed E-state index contributed by atoms with van der Waals surface area (Å²) in [6.07, 6.45) is 8.39. The number of piperidine rings is 1. The van der Waals surface area contributed by atoms with Gasteiger partial charge in [-0.3, -0.25) is 4.90 Å². The van der Waals surface area contributed by atoms with Gasteiger partial charge in [0.15, 0.2) is 0 Å². The molecule has 1 saturated heterocycles. The first-order valence-corrected chi connectivity index (χ1v) is 8.53. The maximum Gasteiger partial charge on any atom is 0.123 e. The van der Waals surface area contributed by atoms with Crippen molar-refractivity contribution in [1.82, 2.24) is 4.90 Å². The van der Waals surface area contributed by atoms with Crippen LogP contribution in [0.5, 0.6) is 5.75 Å². The van der Waals surface area contributed by atoms with Gasteiger partial charge in [0.2, 0.25) is 0 Å². The first kappa shape index (κ1) is 14.7. The number of nitrogens with zero attached hydrogens (tertiary/aromatic N) is 1. The molecule has 116 valence electrons. The van der Waals surface area contributed by atoms with Crippen LogP contribution in [-0.2, 0) is 6.54 Å². The van der Waals surface area contributed by atoms with Gasteiger partial charge in [0.05, 0.1) is 6.61 Å². The molecule has 2 N–H and O–H groups in total. The molecule has 1 saturated carbocycles. The molecule has 1 aromatic carbocycles. The predicted molar refractivity (Wildman–Crippen MR) is 87.4 cm³/mol. The van der Waals surface area contributed by atoms with Crippen LogP contribution in [-0.4, -0.2) is 24.1 Å². The highest BCUT2D eigenvalue weighted by Gasteiger charge is 2.33. The lowest BCUT2D eigenvalue weighted by molar-refractivity contribution is 0.0540. The lowest BCUT2D eigenvalue weighted by Gasteiger charge is -2.44. The second-order valence-corrected chi connectivity index (χ2v) is 6.52. The maximum absolute atomic E-state index is 5.99. The first-order chi connectivity index (χ1) is 10.3. The van der Waals surface area contributed by atoms with E-state index in [-0.39, 0.29) is 0 Å². The summed E-state index contributed by atoms with van der Waals surface area (Å²) in [7, 11) is 0. The van der Waals surface area contributed by atoms with Crippen molar-refractivity contribution in [2.45, 2.75) is 58.0 Å². The Morgan fingerprint density at radius 2 is 2.00 bits per heavy atom. The average molecular weight is 288 g/mol. The van der Waals surface area contributed by atoms with Crippen molar-refractivity contribution in [3.8, 4) is 5.75 Å². The summed E-state index contributed by atoms with van der Waals surface area (Å²) >= 11 is 0. The van der Waals surface area contributed by atoms with E-state index in [2.05, 4.69) is 11.0 Å². The zero-order valence-corrected chi connectivity index (χ0v) is 13.2. The van der Waals surface area contributed by atoms with Gasteiger partial charge in [-0.2, -0.15) is 0 Å². The lowest BCUT2D eigenvalue weighted by atomic mass is 9.78. The van der Waals surface area contributed by atoms with E-state index in [9.17, 15) is 0 Å². The third-order valence-electron chi connectivity index (χ3n) is 5.12. The fourth-order valence-corrected chi connectivity index (χ4v) is 4.16. The molecule has 0 spiro atoms. The van der Waals surface area contributed by atoms with Crippen molar-refractivity contribution in [2.24, 2.45) is 5.92 Å². The van der Waals surface area contributed by atoms with Crippen LogP contribution in [0.4, 0.5) is 5.69 Å². The quantitative estimate of drug-likeness (QED) is 0.856. The molecule has 0 bridgehead atoms. The monoisotopic (exact) mass is 288 g/mol. The van der Waals surface area contributed by atoms with Crippen LogP contribution < -0.4 is 10.5 Å². The Morgan fingerprint density at radius 1 is 1.19 bits per heavy atom. The summed E-state index contributed by atoms with van der Waals surface area (Å²) < 4.78 is 5.79. The number of anilines is 1. The Labute approximate surface area is 128 Å². The Morgan fingerprint density at radius 3 is 2.86 bits per heavy atom. The van der Waals surface area contributed by atoms with Crippen LogP contribution in [0.3, 0.4) is 0 Å². The van der Waals surface area contributed by atoms with Crippen molar-refractivity contribution < 1.29 is 4.74 Å². The minimum absolute atomic E-state index is 0.711. The molecule has 3 heteroatoms. The topological polar surface area (TPSA) is 38.5 Å². The summed E-state index contributed by atoms with van der Waals surface area (Å²) in [6, 6.07) is 6.84. The molecule has 0 aromatic heterocycles. The second kappa shape index (κ2) is 6.69. The van der Waals surface area contributed by atoms with E-state index in [1.54, 1.807) is 0 Å². The van der Waals surface area contributed by atoms with Gasteiger partial charge >= 0.3 is 0 Å². The Balaban J connectivity index is 1.77. The normalized spacial score (nSPS) is 26.3. The number of rotatable bonds is 4. The number of nitrogen functional groups attached to an aromatic ring is 1. The third kappa shape index (κ3) is 3.34. The van der Waals surface area contributed by atoms with Gasteiger partial charge in [-0.25, -0.2) is 0 Å². The Hall–Kier alpha value is -1.22. The van der Waals surface area contributed by atoms with Crippen LogP contribution in [0.1, 0.15) is 51.0 Å². The molecule has 0 amide bonds. The highest BCUT2D eigenvalue weighted by Crippen LogP contribution is 2.36. The summed E-state index contributed by atoms with van der Waals surface area (Å²) in [5, 5.41) is 0. The van der Waals surface area contributed by atoms with Crippen molar-refractivity contribution in [2.75, 3.05) is 18.9 Å². The van der Waals surface area contributed by atoms with E-state index in [0.717, 1.165) is 29.9 Å². The second-order valence-electron chi connectivity index (χ2n) is 6.52. The van der Waals surface area contributed by atoms with E-state index in [4.69, 9.17) is 10.5 Å². The van der Waals surface area contributed by atoms with Crippen molar-refractivity contribution >= 4 is 5.69 Å². The van der Waals surface area contributed by atoms with Gasteiger partial charge in [0.25, 0.3) is 0 Å². The SMILES string of the molecule is CCOc1ccc(N)cc1CN1CCC[C@H]2CCCC[C@H]21. The zero-order valence-electron chi connectivity index (χ0n) is 13.2. The molecule has 3 nitrogen and oxygen atoms in total. The zero-order chi connectivity index (χ0) is 14.7. The molecule has 0 radical (unpaired) electrons. The molecule has 1 aliphatic heterocycles. The molecule has 1 heterocycles. The van der Waals surface area contributed by atoms with Crippen molar-refractivity contribution in [3.05, 3.63) is 23.8 Å². The van der Waals surface area contributed by atoms with E-state index < -0.39 is 0 Å². The van der Waals surface area contributed by atoms with Crippen LogP contribution in [0, 0.1) is 5.92 Å². The van der Waals surface area contributed by atoms with Crippen LogP contribution in [0.25, 0.3) is 0 Å². The molecular weight excluding hydrogens is 260 g/mol. The largest absolute Gasteiger partial charge is 0.494 e. The summed E-state index contributed by atoms with van der Waals surface area (Å²) in [5.74, 6) is 1.92. The van der Waals surface area contributed by atoms with Gasteiger partial charge < -0.3 is 10.5 Å².